The van der Waals surface area contributed by atoms with Crippen molar-refractivity contribution >= 4 is 12.1 Å². The summed E-state index contributed by atoms with van der Waals surface area (Å²) in [4.78, 5) is 22.0. The molecule has 0 aromatic heterocycles. The van der Waals surface area contributed by atoms with Crippen molar-refractivity contribution in [3.8, 4) is 0 Å². The van der Waals surface area contributed by atoms with Crippen molar-refractivity contribution in [2.75, 3.05) is 0 Å². The molecule has 1 aliphatic carbocycles. The normalized spacial score (nSPS) is 39.3. The fourth-order valence-corrected chi connectivity index (χ4v) is 4.03. The molecule has 0 amide bonds. The van der Waals surface area contributed by atoms with E-state index in [1.54, 1.807) is 0 Å². The van der Waals surface area contributed by atoms with Crippen LogP contribution in [0.15, 0.2) is 0 Å². The van der Waals surface area contributed by atoms with Gasteiger partial charge in [0.1, 0.15) is 0 Å². The number of Topliss-reactive ketones (excluding diaryl/α,β-unsaturated/α-hetero) is 1. The van der Waals surface area contributed by atoms with Gasteiger partial charge in [-0.1, -0.05) is 34.6 Å². The van der Waals surface area contributed by atoms with Crippen LogP contribution in [0.2, 0.25) is 0 Å². The molecule has 0 aliphatic heterocycles. The van der Waals surface area contributed by atoms with Crippen LogP contribution in [-0.2, 0) is 9.59 Å². The second-order valence-corrected chi connectivity index (χ2v) is 7.23. The molecule has 0 aromatic carbocycles. The molecule has 3 nitrogen and oxygen atoms in total. The van der Waals surface area contributed by atoms with Crippen LogP contribution in [0.1, 0.15) is 53.9 Å². The summed E-state index contributed by atoms with van der Waals surface area (Å²) in [6.07, 6.45) is 2.86. The quantitative estimate of drug-likeness (QED) is 0.615. The van der Waals surface area contributed by atoms with E-state index in [0.29, 0.717) is 30.5 Å². The number of carbonyl (C=O) groups excluding carboxylic acids is 2. The monoisotopic (exact) mass is 267 g/mol. The molecular weight excluding hydrogens is 238 g/mol. The number of hydrogen-bond donors (Lipinski definition) is 1. The predicted octanol–water partition coefficient (Wildman–Crippen LogP) is 2.82. The Kier molecular flexibility index (Phi) is 5.31. The molecule has 2 N–H and O–H groups in total. The molecule has 0 radical (unpaired) electrons. The Labute approximate surface area is 117 Å². The van der Waals surface area contributed by atoms with E-state index in [-0.39, 0.29) is 23.2 Å². The zero-order chi connectivity index (χ0) is 14.8. The summed E-state index contributed by atoms with van der Waals surface area (Å²) in [7, 11) is 0. The first-order valence-corrected chi connectivity index (χ1v) is 7.45. The van der Waals surface area contributed by atoms with Crippen molar-refractivity contribution in [1.29, 1.82) is 0 Å². The van der Waals surface area contributed by atoms with Gasteiger partial charge in [0.05, 0.1) is 0 Å². The third kappa shape index (κ3) is 3.65. The molecule has 3 heteroatoms. The summed E-state index contributed by atoms with van der Waals surface area (Å²) in [6.45, 7) is 11.3. The number of hydrogen-bond acceptors (Lipinski definition) is 3. The van der Waals surface area contributed by atoms with Gasteiger partial charge in [0.15, 0.2) is 12.1 Å². The Bertz CT molecular complexity index is 340. The summed E-state index contributed by atoms with van der Waals surface area (Å²) in [6, 6.07) is 0.0270. The van der Waals surface area contributed by atoms with E-state index >= 15 is 0 Å². The highest BCUT2D eigenvalue weighted by atomic mass is 16.2. The predicted molar refractivity (Wildman–Crippen MR) is 77.7 cm³/mol. The topological polar surface area (TPSA) is 60.2 Å². The maximum Gasteiger partial charge on any atom is 0.195 e. The smallest absolute Gasteiger partial charge is 0.195 e. The van der Waals surface area contributed by atoms with Crippen LogP contribution in [0.3, 0.4) is 0 Å². The first-order valence-electron chi connectivity index (χ1n) is 7.45. The van der Waals surface area contributed by atoms with Gasteiger partial charge >= 0.3 is 0 Å². The molecule has 5 atom stereocenters. The maximum atomic E-state index is 11.4. The van der Waals surface area contributed by atoms with Gasteiger partial charge in [-0.15, -0.1) is 0 Å². The molecule has 0 spiro atoms. The van der Waals surface area contributed by atoms with Gasteiger partial charge in [-0.3, -0.25) is 9.59 Å². The molecular formula is C16H29NO2. The number of rotatable bonds is 5. The minimum absolute atomic E-state index is 0.0270. The van der Waals surface area contributed by atoms with Crippen molar-refractivity contribution in [2.24, 2.45) is 34.8 Å². The summed E-state index contributed by atoms with van der Waals surface area (Å²) in [5.41, 5.74) is 6.52. The first-order chi connectivity index (χ1) is 8.71. The van der Waals surface area contributed by atoms with Crippen molar-refractivity contribution in [2.45, 2.75) is 59.9 Å². The summed E-state index contributed by atoms with van der Waals surface area (Å²) in [5.74, 6) is 1.41. The van der Waals surface area contributed by atoms with Gasteiger partial charge in [-0.25, -0.2) is 0 Å². The molecule has 0 saturated heterocycles. The summed E-state index contributed by atoms with van der Waals surface area (Å²) in [5, 5.41) is 0. The van der Waals surface area contributed by atoms with Crippen molar-refractivity contribution in [3.63, 3.8) is 0 Å². The van der Waals surface area contributed by atoms with Gasteiger partial charge < -0.3 is 5.73 Å². The van der Waals surface area contributed by atoms with Crippen LogP contribution in [-0.4, -0.2) is 18.1 Å². The van der Waals surface area contributed by atoms with Crippen LogP contribution in [0.5, 0.6) is 0 Å². The zero-order valence-electron chi connectivity index (χ0n) is 13.0. The minimum atomic E-state index is -0.311. The van der Waals surface area contributed by atoms with Crippen LogP contribution >= 0.6 is 0 Å². The number of carbonyl (C=O) groups is 2. The van der Waals surface area contributed by atoms with E-state index < -0.39 is 0 Å². The van der Waals surface area contributed by atoms with E-state index in [1.807, 2.05) is 0 Å². The Balaban J connectivity index is 2.90. The van der Waals surface area contributed by atoms with Gasteiger partial charge in [0.25, 0.3) is 0 Å². The van der Waals surface area contributed by atoms with Gasteiger partial charge in [-0.05, 0) is 41.9 Å². The Morgan fingerprint density at radius 1 is 1.42 bits per heavy atom. The Morgan fingerprint density at radius 2 is 2.00 bits per heavy atom. The zero-order valence-corrected chi connectivity index (χ0v) is 13.0. The van der Waals surface area contributed by atoms with Crippen LogP contribution in [0.25, 0.3) is 0 Å². The SMILES string of the molecule is CC(C)CC1(C)CC(CC(=O)C=O)C(N)C(C)C1C. The fourth-order valence-electron chi connectivity index (χ4n) is 4.03. The lowest BCUT2D eigenvalue weighted by molar-refractivity contribution is -0.131. The Hall–Kier alpha value is -0.700. The molecule has 0 bridgehead atoms. The molecule has 1 saturated carbocycles. The molecule has 1 rings (SSSR count). The molecule has 1 aliphatic rings. The Morgan fingerprint density at radius 3 is 2.47 bits per heavy atom. The van der Waals surface area contributed by atoms with Crippen LogP contribution < -0.4 is 5.73 Å². The van der Waals surface area contributed by atoms with Gasteiger partial charge in [0, 0.05) is 12.5 Å². The van der Waals surface area contributed by atoms with Crippen molar-refractivity contribution in [3.05, 3.63) is 0 Å². The molecule has 0 heterocycles. The lowest BCUT2D eigenvalue weighted by Crippen LogP contribution is -2.51. The van der Waals surface area contributed by atoms with Crippen molar-refractivity contribution < 1.29 is 9.59 Å². The third-order valence-electron chi connectivity index (χ3n) is 5.24. The first kappa shape index (κ1) is 16.4. The van der Waals surface area contributed by atoms with E-state index in [9.17, 15) is 9.59 Å². The fraction of sp³-hybridized carbons (Fsp3) is 0.875. The second-order valence-electron chi connectivity index (χ2n) is 7.23. The summed E-state index contributed by atoms with van der Waals surface area (Å²) < 4.78 is 0. The molecule has 19 heavy (non-hydrogen) atoms. The number of ketones is 1. The summed E-state index contributed by atoms with van der Waals surface area (Å²) >= 11 is 0. The standard InChI is InChI=1S/C16H29NO2/c1-10(2)7-16(5)8-13(6-14(19)9-18)15(17)11(3)12(16)4/h9-13,15H,6-8,17H2,1-5H3. The van der Waals surface area contributed by atoms with Gasteiger partial charge in [-0.2, -0.15) is 0 Å². The highest BCUT2D eigenvalue weighted by molar-refractivity contribution is 6.24. The average Bonchev–Trinajstić information content (AvgIpc) is 2.32. The molecule has 0 aromatic rings. The van der Waals surface area contributed by atoms with Crippen LogP contribution in [0.4, 0.5) is 0 Å². The molecule has 1 fully saturated rings. The van der Waals surface area contributed by atoms with E-state index in [0.717, 1.165) is 12.8 Å². The van der Waals surface area contributed by atoms with E-state index in [4.69, 9.17) is 5.73 Å². The largest absolute Gasteiger partial charge is 0.327 e. The molecule has 110 valence electrons. The van der Waals surface area contributed by atoms with E-state index in [1.165, 1.54) is 0 Å². The number of nitrogens with two attached hydrogens (primary N) is 1. The van der Waals surface area contributed by atoms with E-state index in [2.05, 4.69) is 34.6 Å². The minimum Gasteiger partial charge on any atom is -0.327 e. The number of aldehydes is 1. The van der Waals surface area contributed by atoms with Crippen LogP contribution in [0, 0.1) is 29.1 Å². The lowest BCUT2D eigenvalue weighted by atomic mass is 9.56. The van der Waals surface area contributed by atoms with Crippen molar-refractivity contribution in [1.82, 2.24) is 0 Å². The maximum absolute atomic E-state index is 11.4. The van der Waals surface area contributed by atoms with Gasteiger partial charge in [0.2, 0.25) is 0 Å². The average molecular weight is 267 g/mol. The second kappa shape index (κ2) is 6.17. The highest BCUT2D eigenvalue weighted by Gasteiger charge is 2.46. The lowest BCUT2D eigenvalue weighted by Gasteiger charge is -2.51. The molecule has 5 unspecified atom stereocenters. The third-order valence-corrected chi connectivity index (χ3v) is 5.24. The highest BCUT2D eigenvalue weighted by Crippen LogP contribution is 2.50.